The molecule has 1 aliphatic rings. The minimum Gasteiger partial charge on any atom is -0.396 e. The molecule has 1 aromatic rings. The fourth-order valence-corrected chi connectivity index (χ4v) is 3.64. The van der Waals surface area contributed by atoms with Crippen molar-refractivity contribution in [3.05, 3.63) is 16.4 Å². The Labute approximate surface area is 155 Å². The number of rotatable bonds is 7. The van der Waals surface area contributed by atoms with Crippen LogP contribution in [-0.4, -0.2) is 96.0 Å². The van der Waals surface area contributed by atoms with Gasteiger partial charge in [-0.15, -0.1) is 0 Å². The van der Waals surface area contributed by atoms with Crippen LogP contribution in [0.4, 0.5) is 0 Å². The van der Waals surface area contributed by atoms with E-state index >= 15 is 0 Å². The Morgan fingerprint density at radius 3 is 2.44 bits per heavy atom. The maximum atomic E-state index is 12.9. The van der Waals surface area contributed by atoms with E-state index in [0.29, 0.717) is 29.5 Å². The molecule has 2 heterocycles. The van der Waals surface area contributed by atoms with Gasteiger partial charge in [-0.2, -0.15) is 5.10 Å². The van der Waals surface area contributed by atoms with E-state index < -0.39 is 0 Å². The van der Waals surface area contributed by atoms with Crippen molar-refractivity contribution in [1.82, 2.24) is 24.5 Å². The predicted octanol–water partition coefficient (Wildman–Crippen LogP) is 0.556. The van der Waals surface area contributed by atoms with Crippen molar-refractivity contribution >= 4 is 17.5 Å². The van der Waals surface area contributed by atoms with E-state index in [4.69, 9.17) is 11.6 Å². The van der Waals surface area contributed by atoms with Crippen LogP contribution in [-0.2, 0) is 7.05 Å². The number of nitrogens with zero attached hydrogens (tertiary/aromatic N) is 5. The molecule has 1 aliphatic heterocycles. The van der Waals surface area contributed by atoms with Gasteiger partial charge in [0.05, 0.1) is 10.7 Å². The average molecular weight is 372 g/mol. The molecular formula is C17H30ClN5O2. The van der Waals surface area contributed by atoms with Gasteiger partial charge < -0.3 is 19.8 Å². The van der Waals surface area contributed by atoms with Gasteiger partial charge in [0, 0.05) is 52.3 Å². The third-order valence-corrected chi connectivity index (χ3v) is 5.38. The molecule has 0 radical (unpaired) electrons. The lowest BCUT2D eigenvalue weighted by atomic mass is 9.96. The molecule has 25 heavy (non-hydrogen) atoms. The van der Waals surface area contributed by atoms with Gasteiger partial charge in [0.1, 0.15) is 5.69 Å². The highest BCUT2D eigenvalue weighted by molar-refractivity contribution is 6.34. The molecule has 1 aromatic heterocycles. The second kappa shape index (κ2) is 8.49. The number of amides is 1. The van der Waals surface area contributed by atoms with Crippen molar-refractivity contribution < 1.29 is 9.90 Å². The number of aryl methyl sites for hydroxylation is 2. The molecule has 7 nitrogen and oxygen atoms in total. The Hall–Kier alpha value is -1.15. The maximum Gasteiger partial charge on any atom is 0.273 e. The summed E-state index contributed by atoms with van der Waals surface area (Å²) in [6.45, 7) is 5.89. The number of aliphatic hydroxyl groups excluding tert-OH is 1. The third kappa shape index (κ3) is 4.73. The standard InChI is InChI=1S/C17H30ClN5O2/c1-12-15(18)16(22(5)19-12)17(25)23-9-13(14(10-23)11-24)8-21(4)7-6-20(2)3/h13-14,24H,6-11H2,1-5H3/t13-,14-/m1/s1. The maximum absolute atomic E-state index is 12.9. The van der Waals surface area contributed by atoms with Gasteiger partial charge in [-0.3, -0.25) is 9.48 Å². The van der Waals surface area contributed by atoms with E-state index in [1.807, 2.05) is 0 Å². The van der Waals surface area contributed by atoms with Gasteiger partial charge in [-0.25, -0.2) is 0 Å². The molecule has 0 bridgehead atoms. The van der Waals surface area contributed by atoms with Crippen LogP contribution in [0.25, 0.3) is 0 Å². The first-order chi connectivity index (χ1) is 11.7. The lowest BCUT2D eigenvalue weighted by Gasteiger charge is -2.25. The summed E-state index contributed by atoms with van der Waals surface area (Å²) in [5, 5.41) is 14.4. The number of halogens is 1. The molecular weight excluding hydrogens is 342 g/mol. The van der Waals surface area contributed by atoms with Crippen LogP contribution < -0.4 is 0 Å². The van der Waals surface area contributed by atoms with Crippen molar-refractivity contribution in [2.75, 3.05) is 60.5 Å². The predicted molar refractivity (Wildman–Crippen MR) is 99.0 cm³/mol. The lowest BCUT2D eigenvalue weighted by molar-refractivity contribution is 0.0768. The first-order valence-corrected chi connectivity index (χ1v) is 9.04. The van der Waals surface area contributed by atoms with Crippen LogP contribution in [0.15, 0.2) is 0 Å². The monoisotopic (exact) mass is 371 g/mol. The number of hydrogen-bond donors (Lipinski definition) is 1. The zero-order chi connectivity index (χ0) is 18.7. The minimum atomic E-state index is -0.106. The van der Waals surface area contributed by atoms with E-state index in [-0.39, 0.29) is 24.3 Å². The second-order valence-corrected chi connectivity index (χ2v) is 7.73. The zero-order valence-electron chi connectivity index (χ0n) is 15.9. The van der Waals surface area contributed by atoms with Gasteiger partial charge in [0.15, 0.2) is 0 Å². The van der Waals surface area contributed by atoms with Gasteiger partial charge >= 0.3 is 0 Å². The molecule has 0 saturated carbocycles. The van der Waals surface area contributed by atoms with Crippen molar-refractivity contribution in [2.24, 2.45) is 18.9 Å². The summed E-state index contributed by atoms with van der Waals surface area (Å²) in [5.74, 6) is 0.248. The summed E-state index contributed by atoms with van der Waals surface area (Å²) in [6, 6.07) is 0. The van der Waals surface area contributed by atoms with Crippen LogP contribution in [0.1, 0.15) is 16.2 Å². The van der Waals surface area contributed by atoms with Crippen molar-refractivity contribution in [2.45, 2.75) is 6.92 Å². The number of likely N-dealkylation sites (tertiary alicyclic amines) is 1. The fourth-order valence-electron chi connectivity index (χ4n) is 3.39. The van der Waals surface area contributed by atoms with E-state index in [2.05, 4.69) is 36.0 Å². The molecule has 8 heteroatoms. The molecule has 0 unspecified atom stereocenters. The zero-order valence-corrected chi connectivity index (χ0v) is 16.6. The molecule has 0 aromatic carbocycles. The summed E-state index contributed by atoms with van der Waals surface area (Å²) < 4.78 is 1.55. The molecule has 1 N–H and O–H groups in total. The third-order valence-electron chi connectivity index (χ3n) is 4.93. The highest BCUT2D eigenvalue weighted by Crippen LogP contribution is 2.28. The van der Waals surface area contributed by atoms with E-state index in [1.54, 1.807) is 23.6 Å². The molecule has 1 amide bonds. The Balaban J connectivity index is 2.03. The van der Waals surface area contributed by atoms with Crippen molar-refractivity contribution in [1.29, 1.82) is 0 Å². The van der Waals surface area contributed by atoms with Gasteiger partial charge in [0.2, 0.25) is 0 Å². The number of likely N-dealkylation sites (N-methyl/N-ethyl adjacent to an activating group) is 2. The number of aromatic nitrogens is 2. The molecule has 2 atom stereocenters. The van der Waals surface area contributed by atoms with Crippen LogP contribution in [0, 0.1) is 18.8 Å². The highest BCUT2D eigenvalue weighted by Gasteiger charge is 2.37. The van der Waals surface area contributed by atoms with Gasteiger partial charge in [-0.1, -0.05) is 11.6 Å². The number of aliphatic hydroxyl groups is 1. The van der Waals surface area contributed by atoms with E-state index in [1.165, 1.54) is 0 Å². The summed E-state index contributed by atoms with van der Waals surface area (Å²) >= 11 is 6.26. The molecule has 0 spiro atoms. The second-order valence-electron chi connectivity index (χ2n) is 7.35. The molecule has 1 saturated heterocycles. The fraction of sp³-hybridized carbons (Fsp3) is 0.765. The minimum absolute atomic E-state index is 0.0914. The summed E-state index contributed by atoms with van der Waals surface area (Å²) in [4.78, 5) is 19.1. The van der Waals surface area contributed by atoms with Crippen LogP contribution >= 0.6 is 11.6 Å². The van der Waals surface area contributed by atoms with Gasteiger partial charge in [-0.05, 0) is 34.0 Å². The molecule has 142 valence electrons. The average Bonchev–Trinajstić information content (AvgIpc) is 3.06. The van der Waals surface area contributed by atoms with Crippen LogP contribution in [0.5, 0.6) is 0 Å². The number of hydrogen-bond acceptors (Lipinski definition) is 5. The Bertz CT molecular complexity index is 604. The highest BCUT2D eigenvalue weighted by atomic mass is 35.5. The van der Waals surface area contributed by atoms with E-state index in [0.717, 1.165) is 19.6 Å². The Morgan fingerprint density at radius 2 is 1.92 bits per heavy atom. The largest absolute Gasteiger partial charge is 0.396 e. The molecule has 2 rings (SSSR count). The topological polar surface area (TPSA) is 64.8 Å². The van der Waals surface area contributed by atoms with Crippen LogP contribution in [0.2, 0.25) is 5.02 Å². The smallest absolute Gasteiger partial charge is 0.273 e. The van der Waals surface area contributed by atoms with Crippen molar-refractivity contribution in [3.8, 4) is 0 Å². The summed E-state index contributed by atoms with van der Waals surface area (Å²) in [5.41, 5.74) is 1.09. The van der Waals surface area contributed by atoms with Crippen LogP contribution in [0.3, 0.4) is 0 Å². The normalized spacial score (nSPS) is 20.9. The first-order valence-electron chi connectivity index (χ1n) is 8.67. The van der Waals surface area contributed by atoms with Gasteiger partial charge in [0.25, 0.3) is 5.91 Å². The van der Waals surface area contributed by atoms with Crippen molar-refractivity contribution in [3.63, 3.8) is 0 Å². The molecule has 0 aliphatic carbocycles. The molecule has 1 fully saturated rings. The first kappa shape index (κ1) is 20.2. The number of carbonyl (C=O) groups excluding carboxylic acids is 1. The lowest BCUT2D eigenvalue weighted by Crippen LogP contribution is -2.36. The Morgan fingerprint density at radius 1 is 1.28 bits per heavy atom. The SMILES string of the molecule is Cc1nn(C)c(C(=O)N2C[C@@H](CN(C)CCN(C)C)[C@@H](CO)C2)c1Cl. The number of carbonyl (C=O) groups is 1. The Kier molecular flexibility index (Phi) is 6.85. The quantitative estimate of drug-likeness (QED) is 0.758. The van der Waals surface area contributed by atoms with E-state index in [9.17, 15) is 9.90 Å². The summed E-state index contributed by atoms with van der Waals surface area (Å²) in [7, 11) is 7.93. The summed E-state index contributed by atoms with van der Waals surface area (Å²) in [6.07, 6.45) is 0.